The van der Waals surface area contributed by atoms with E-state index in [1.807, 2.05) is 54.6 Å². The van der Waals surface area contributed by atoms with E-state index in [9.17, 15) is 4.79 Å². The predicted molar refractivity (Wildman–Crippen MR) is 102 cm³/mol. The van der Waals surface area contributed by atoms with E-state index in [0.29, 0.717) is 5.75 Å². The number of hydrogen-bond donors (Lipinski definition) is 1. The number of benzene rings is 2. The van der Waals surface area contributed by atoms with Gasteiger partial charge in [0, 0.05) is 4.75 Å². The van der Waals surface area contributed by atoms with Crippen LogP contribution in [0.4, 0.5) is 0 Å². The third-order valence-electron chi connectivity index (χ3n) is 3.52. The van der Waals surface area contributed by atoms with Crippen LogP contribution in [0.25, 0.3) is 0 Å². The minimum Gasteiger partial charge on any atom is -0.497 e. The lowest BCUT2D eigenvalue weighted by Crippen LogP contribution is -2.31. The molecule has 1 amide bonds. The molecule has 0 radical (unpaired) electrons. The second kappa shape index (κ2) is 8.25. The molecule has 0 aliphatic heterocycles. The minimum absolute atomic E-state index is 0.0413. The second-order valence-corrected chi connectivity index (χ2v) is 8.39. The highest BCUT2D eigenvalue weighted by Gasteiger charge is 2.19. The first kappa shape index (κ1) is 18.4. The first-order valence-electron chi connectivity index (χ1n) is 8.01. The molecule has 1 unspecified atom stereocenters. The molecule has 1 N–H and O–H groups in total. The van der Waals surface area contributed by atoms with Crippen molar-refractivity contribution in [3.8, 4) is 5.75 Å². The molecule has 2 aromatic carbocycles. The molecule has 0 saturated carbocycles. The van der Waals surface area contributed by atoms with E-state index < -0.39 is 0 Å². The van der Waals surface area contributed by atoms with Gasteiger partial charge in [-0.2, -0.15) is 0 Å². The number of amides is 1. The van der Waals surface area contributed by atoms with Crippen molar-refractivity contribution in [1.29, 1.82) is 0 Å². The molecule has 3 nitrogen and oxygen atoms in total. The Balaban J connectivity index is 2.18. The van der Waals surface area contributed by atoms with Gasteiger partial charge in [0.15, 0.2) is 0 Å². The van der Waals surface area contributed by atoms with Gasteiger partial charge in [-0.1, -0.05) is 63.2 Å². The standard InChI is InChI=1S/C20H25NO2S/c1-20(2,3)24-14-18(22)21-19(15-8-6-5-7-9-15)16-10-12-17(23-4)13-11-16/h5-13,19H,14H2,1-4H3,(H,21,22). The summed E-state index contributed by atoms with van der Waals surface area (Å²) < 4.78 is 5.29. The number of carbonyl (C=O) groups excluding carboxylic acids is 1. The van der Waals surface area contributed by atoms with Crippen molar-refractivity contribution >= 4 is 17.7 Å². The van der Waals surface area contributed by atoms with Crippen molar-refractivity contribution in [2.45, 2.75) is 31.6 Å². The number of nitrogens with one attached hydrogen (secondary N) is 1. The summed E-state index contributed by atoms with van der Waals surface area (Å²) in [4.78, 5) is 12.4. The molecule has 4 heteroatoms. The van der Waals surface area contributed by atoms with Crippen LogP contribution < -0.4 is 10.1 Å². The SMILES string of the molecule is COc1ccc(C(NC(=O)CSC(C)(C)C)c2ccccc2)cc1. The summed E-state index contributed by atoms with van der Waals surface area (Å²) in [7, 11) is 1.65. The van der Waals surface area contributed by atoms with Crippen LogP contribution in [0.1, 0.15) is 37.9 Å². The molecule has 0 aliphatic carbocycles. The number of methoxy groups -OCH3 is 1. The summed E-state index contributed by atoms with van der Waals surface area (Å²) in [5.74, 6) is 1.29. The van der Waals surface area contributed by atoms with E-state index in [0.717, 1.165) is 16.9 Å². The fraction of sp³-hybridized carbons (Fsp3) is 0.350. The number of carbonyl (C=O) groups is 1. The maximum absolute atomic E-state index is 12.4. The summed E-state index contributed by atoms with van der Waals surface area (Å²) in [6, 6.07) is 17.7. The number of thioether (sulfide) groups is 1. The molecule has 0 spiro atoms. The fourth-order valence-corrected chi connectivity index (χ4v) is 2.93. The van der Waals surface area contributed by atoms with Crippen molar-refractivity contribution in [3.05, 3.63) is 65.7 Å². The third-order valence-corrected chi connectivity index (χ3v) is 4.80. The van der Waals surface area contributed by atoms with Gasteiger partial charge in [-0.05, 0) is 23.3 Å². The molecule has 0 fully saturated rings. The molecule has 0 bridgehead atoms. The Hall–Kier alpha value is -1.94. The molecular weight excluding hydrogens is 318 g/mol. The van der Waals surface area contributed by atoms with Crippen molar-refractivity contribution < 1.29 is 9.53 Å². The summed E-state index contributed by atoms with van der Waals surface area (Å²) in [5, 5.41) is 3.16. The van der Waals surface area contributed by atoms with E-state index in [1.54, 1.807) is 18.9 Å². The van der Waals surface area contributed by atoms with E-state index in [2.05, 4.69) is 26.1 Å². The van der Waals surface area contributed by atoms with E-state index in [-0.39, 0.29) is 16.7 Å². The summed E-state index contributed by atoms with van der Waals surface area (Å²) in [5.41, 5.74) is 2.10. The topological polar surface area (TPSA) is 38.3 Å². The second-order valence-electron chi connectivity index (χ2n) is 6.59. The number of ether oxygens (including phenoxy) is 1. The Morgan fingerprint density at radius 3 is 2.17 bits per heavy atom. The Kier molecular flexibility index (Phi) is 6.32. The zero-order chi connectivity index (χ0) is 17.6. The normalized spacial score (nSPS) is 12.5. The van der Waals surface area contributed by atoms with Gasteiger partial charge in [0.1, 0.15) is 5.75 Å². The molecule has 2 aromatic rings. The summed E-state index contributed by atoms with van der Waals surface area (Å²) >= 11 is 1.65. The van der Waals surface area contributed by atoms with Gasteiger partial charge in [-0.25, -0.2) is 0 Å². The molecule has 0 heterocycles. The van der Waals surface area contributed by atoms with Gasteiger partial charge in [0.25, 0.3) is 0 Å². The quantitative estimate of drug-likeness (QED) is 0.843. The fourth-order valence-electron chi connectivity index (χ4n) is 2.29. The lowest BCUT2D eigenvalue weighted by Gasteiger charge is -2.22. The van der Waals surface area contributed by atoms with Crippen LogP contribution in [0.15, 0.2) is 54.6 Å². The van der Waals surface area contributed by atoms with Gasteiger partial charge >= 0.3 is 0 Å². The zero-order valence-electron chi connectivity index (χ0n) is 14.7. The first-order chi connectivity index (χ1) is 11.4. The van der Waals surface area contributed by atoms with Crippen LogP contribution >= 0.6 is 11.8 Å². The molecule has 0 aromatic heterocycles. The van der Waals surface area contributed by atoms with E-state index >= 15 is 0 Å². The monoisotopic (exact) mass is 343 g/mol. The molecule has 2 rings (SSSR count). The predicted octanol–water partition coefficient (Wildman–Crippen LogP) is 4.43. The van der Waals surface area contributed by atoms with Crippen LogP contribution in [0.2, 0.25) is 0 Å². The van der Waals surface area contributed by atoms with Crippen LogP contribution in [0.5, 0.6) is 5.75 Å². The average Bonchev–Trinajstić information content (AvgIpc) is 2.58. The highest BCUT2D eigenvalue weighted by molar-refractivity contribution is 8.01. The molecule has 0 saturated heterocycles. The van der Waals surface area contributed by atoms with Gasteiger partial charge in [0.05, 0.1) is 18.9 Å². The summed E-state index contributed by atoms with van der Waals surface area (Å²) in [6.45, 7) is 6.34. The van der Waals surface area contributed by atoms with Gasteiger partial charge in [0.2, 0.25) is 5.91 Å². The lowest BCUT2D eigenvalue weighted by molar-refractivity contribution is -0.119. The number of hydrogen-bond acceptors (Lipinski definition) is 3. The molecule has 1 atom stereocenters. The molecule has 24 heavy (non-hydrogen) atoms. The smallest absolute Gasteiger partial charge is 0.230 e. The van der Waals surface area contributed by atoms with Crippen LogP contribution in [-0.4, -0.2) is 23.5 Å². The number of rotatable bonds is 6. The maximum atomic E-state index is 12.4. The highest BCUT2D eigenvalue weighted by Crippen LogP contribution is 2.26. The lowest BCUT2D eigenvalue weighted by atomic mass is 9.98. The molecule has 128 valence electrons. The maximum Gasteiger partial charge on any atom is 0.230 e. The highest BCUT2D eigenvalue weighted by atomic mass is 32.2. The average molecular weight is 343 g/mol. The Morgan fingerprint density at radius 2 is 1.62 bits per heavy atom. The van der Waals surface area contributed by atoms with Gasteiger partial charge in [-0.3, -0.25) is 4.79 Å². The molecule has 0 aliphatic rings. The van der Waals surface area contributed by atoms with E-state index in [4.69, 9.17) is 4.74 Å². The van der Waals surface area contributed by atoms with Gasteiger partial charge in [-0.15, -0.1) is 11.8 Å². The van der Waals surface area contributed by atoms with Crippen molar-refractivity contribution in [1.82, 2.24) is 5.32 Å². The zero-order valence-corrected chi connectivity index (χ0v) is 15.5. The van der Waals surface area contributed by atoms with E-state index in [1.165, 1.54) is 0 Å². The van der Waals surface area contributed by atoms with Crippen LogP contribution in [0.3, 0.4) is 0 Å². The third kappa shape index (κ3) is 5.60. The van der Waals surface area contributed by atoms with Crippen molar-refractivity contribution in [3.63, 3.8) is 0 Å². The summed E-state index contributed by atoms with van der Waals surface area (Å²) in [6.07, 6.45) is 0. The largest absolute Gasteiger partial charge is 0.497 e. The minimum atomic E-state index is -0.162. The van der Waals surface area contributed by atoms with Crippen molar-refractivity contribution in [2.75, 3.05) is 12.9 Å². The van der Waals surface area contributed by atoms with Crippen LogP contribution in [-0.2, 0) is 4.79 Å². The van der Waals surface area contributed by atoms with Crippen molar-refractivity contribution in [2.24, 2.45) is 0 Å². The Bertz CT molecular complexity index is 648. The Labute approximate surface area is 148 Å². The van der Waals surface area contributed by atoms with Gasteiger partial charge < -0.3 is 10.1 Å². The first-order valence-corrected chi connectivity index (χ1v) is 9.00. The Morgan fingerprint density at radius 1 is 1.04 bits per heavy atom. The molecular formula is C20H25NO2S. The van der Waals surface area contributed by atoms with Crippen LogP contribution in [0, 0.1) is 0 Å².